The van der Waals surface area contributed by atoms with E-state index in [1.165, 1.54) is 11.1 Å². The lowest BCUT2D eigenvalue weighted by Crippen LogP contribution is -1.99. The molecule has 0 saturated carbocycles. The standard InChI is InChI=1S/C13H10Br2N2OS/c1-6-4-19-5-8(6)12(15)7-2-10-11(3-9(7)14)17-13(18)16-10/h2-5,12H,1H3,(H2,16,17,18). The van der Waals surface area contributed by atoms with E-state index in [2.05, 4.69) is 59.5 Å². The van der Waals surface area contributed by atoms with Crippen molar-refractivity contribution in [2.24, 2.45) is 0 Å². The number of halogens is 2. The van der Waals surface area contributed by atoms with Crippen LogP contribution in [0.5, 0.6) is 0 Å². The van der Waals surface area contributed by atoms with E-state index in [1.807, 2.05) is 12.1 Å². The highest BCUT2D eigenvalue weighted by Gasteiger charge is 2.17. The molecule has 1 aromatic carbocycles. The molecule has 3 rings (SSSR count). The fraction of sp³-hybridized carbons (Fsp3) is 0.154. The highest BCUT2D eigenvalue weighted by Crippen LogP contribution is 2.39. The van der Waals surface area contributed by atoms with Crippen molar-refractivity contribution in [1.82, 2.24) is 9.97 Å². The van der Waals surface area contributed by atoms with Crippen molar-refractivity contribution in [1.29, 1.82) is 0 Å². The SMILES string of the molecule is Cc1cscc1C(Br)c1cc2[nH]c(=O)[nH]c2cc1Br. The number of benzene rings is 1. The summed E-state index contributed by atoms with van der Waals surface area (Å²) in [6.45, 7) is 2.10. The van der Waals surface area contributed by atoms with E-state index in [1.54, 1.807) is 11.3 Å². The Labute approximate surface area is 130 Å². The Kier molecular flexibility index (Phi) is 3.41. The molecule has 0 bridgehead atoms. The summed E-state index contributed by atoms with van der Waals surface area (Å²) in [5.41, 5.74) is 5.06. The molecule has 0 aliphatic carbocycles. The molecule has 0 aliphatic heterocycles. The van der Waals surface area contributed by atoms with Crippen molar-refractivity contribution in [3.8, 4) is 0 Å². The van der Waals surface area contributed by atoms with Crippen LogP contribution in [0.3, 0.4) is 0 Å². The van der Waals surface area contributed by atoms with E-state index in [4.69, 9.17) is 0 Å². The number of hydrogen-bond acceptors (Lipinski definition) is 2. The van der Waals surface area contributed by atoms with Crippen LogP contribution in [0.25, 0.3) is 11.0 Å². The third kappa shape index (κ3) is 2.32. The summed E-state index contributed by atoms with van der Waals surface area (Å²) in [4.78, 5) is 17.0. The van der Waals surface area contributed by atoms with Gasteiger partial charge in [-0.25, -0.2) is 4.79 Å². The van der Waals surface area contributed by atoms with E-state index < -0.39 is 0 Å². The summed E-state index contributed by atoms with van der Waals surface area (Å²) in [5.74, 6) is 0. The largest absolute Gasteiger partial charge is 0.323 e. The first-order valence-corrected chi connectivity index (χ1v) is 8.29. The third-order valence-corrected chi connectivity index (χ3v) is 5.63. The number of aromatic amines is 2. The first-order chi connectivity index (χ1) is 9.06. The van der Waals surface area contributed by atoms with Gasteiger partial charge in [-0.15, -0.1) is 0 Å². The molecule has 98 valence electrons. The Morgan fingerprint density at radius 3 is 2.47 bits per heavy atom. The molecule has 0 amide bonds. The number of aromatic nitrogens is 2. The average Bonchev–Trinajstić information content (AvgIpc) is 2.92. The van der Waals surface area contributed by atoms with Gasteiger partial charge in [0, 0.05) is 4.47 Å². The van der Waals surface area contributed by atoms with Gasteiger partial charge in [-0.3, -0.25) is 0 Å². The van der Waals surface area contributed by atoms with Crippen molar-refractivity contribution in [3.63, 3.8) is 0 Å². The maximum Gasteiger partial charge on any atom is 0.323 e. The molecule has 3 nitrogen and oxygen atoms in total. The summed E-state index contributed by atoms with van der Waals surface area (Å²) in [6, 6.07) is 3.92. The Morgan fingerprint density at radius 2 is 1.84 bits per heavy atom. The lowest BCUT2D eigenvalue weighted by atomic mass is 10.0. The lowest BCUT2D eigenvalue weighted by Gasteiger charge is -2.12. The fourth-order valence-corrected chi connectivity index (χ4v) is 4.87. The minimum absolute atomic E-state index is 0.107. The van der Waals surface area contributed by atoms with E-state index in [-0.39, 0.29) is 10.5 Å². The molecular formula is C13H10Br2N2OS. The van der Waals surface area contributed by atoms with Crippen LogP contribution in [0.4, 0.5) is 0 Å². The monoisotopic (exact) mass is 400 g/mol. The number of fused-ring (bicyclic) bond motifs is 1. The van der Waals surface area contributed by atoms with Crippen LogP contribution < -0.4 is 5.69 Å². The molecule has 6 heteroatoms. The zero-order valence-electron chi connectivity index (χ0n) is 9.96. The molecule has 0 fully saturated rings. The van der Waals surface area contributed by atoms with Gasteiger partial charge < -0.3 is 9.97 Å². The molecule has 1 atom stereocenters. The summed E-state index contributed by atoms with van der Waals surface area (Å²) in [5, 5.41) is 4.28. The molecule has 2 N–H and O–H groups in total. The average molecular weight is 402 g/mol. The van der Waals surface area contributed by atoms with Gasteiger partial charge in [-0.2, -0.15) is 11.3 Å². The summed E-state index contributed by atoms with van der Waals surface area (Å²) in [7, 11) is 0. The normalized spacial score (nSPS) is 13.0. The molecule has 0 spiro atoms. The molecule has 2 heterocycles. The van der Waals surface area contributed by atoms with E-state index in [9.17, 15) is 4.79 Å². The topological polar surface area (TPSA) is 48.6 Å². The first kappa shape index (κ1) is 13.1. The van der Waals surface area contributed by atoms with Crippen molar-refractivity contribution in [2.75, 3.05) is 0 Å². The second kappa shape index (κ2) is 4.92. The maximum absolute atomic E-state index is 11.3. The molecule has 1 unspecified atom stereocenters. The summed E-state index contributed by atoms with van der Waals surface area (Å²) < 4.78 is 0.975. The highest BCUT2D eigenvalue weighted by molar-refractivity contribution is 9.11. The van der Waals surface area contributed by atoms with Crippen molar-refractivity contribution < 1.29 is 0 Å². The van der Waals surface area contributed by atoms with Crippen molar-refractivity contribution in [3.05, 3.63) is 54.5 Å². The molecular weight excluding hydrogens is 392 g/mol. The van der Waals surface area contributed by atoms with E-state index >= 15 is 0 Å². The Morgan fingerprint density at radius 1 is 1.16 bits per heavy atom. The zero-order chi connectivity index (χ0) is 13.6. The van der Waals surface area contributed by atoms with Gasteiger partial charge in [-0.1, -0.05) is 31.9 Å². The number of imidazole rings is 1. The minimum Gasteiger partial charge on any atom is -0.306 e. The molecule has 2 aromatic heterocycles. The number of rotatable bonds is 2. The van der Waals surface area contributed by atoms with Crippen LogP contribution in [0.2, 0.25) is 0 Å². The minimum atomic E-state index is -0.183. The van der Waals surface area contributed by atoms with Crippen molar-refractivity contribution >= 4 is 54.2 Å². The molecule has 0 aliphatic rings. The number of thiophene rings is 1. The molecule has 0 radical (unpaired) electrons. The molecule has 3 aromatic rings. The number of hydrogen-bond donors (Lipinski definition) is 2. The fourth-order valence-electron chi connectivity index (χ4n) is 2.06. The first-order valence-electron chi connectivity index (χ1n) is 5.64. The molecule has 19 heavy (non-hydrogen) atoms. The molecule has 0 saturated heterocycles. The van der Waals surface area contributed by atoms with Crippen LogP contribution in [-0.2, 0) is 0 Å². The van der Waals surface area contributed by atoms with Gasteiger partial charge in [0.25, 0.3) is 0 Å². The van der Waals surface area contributed by atoms with Gasteiger partial charge in [0.1, 0.15) is 0 Å². The number of H-pyrrole nitrogens is 2. The predicted octanol–water partition coefficient (Wildman–Crippen LogP) is 4.47. The van der Waals surface area contributed by atoms with Crippen LogP contribution in [0, 0.1) is 6.92 Å². The Balaban J connectivity index is 2.16. The van der Waals surface area contributed by atoms with Crippen LogP contribution >= 0.6 is 43.2 Å². The van der Waals surface area contributed by atoms with Crippen LogP contribution in [0.1, 0.15) is 21.5 Å². The second-order valence-electron chi connectivity index (χ2n) is 4.37. The predicted molar refractivity (Wildman–Crippen MR) is 86.4 cm³/mol. The van der Waals surface area contributed by atoms with E-state index in [0.29, 0.717) is 0 Å². The smallest absolute Gasteiger partial charge is 0.306 e. The van der Waals surface area contributed by atoms with Gasteiger partial charge in [0.2, 0.25) is 0 Å². The summed E-state index contributed by atoms with van der Waals surface area (Å²) in [6.07, 6.45) is 0. The maximum atomic E-state index is 11.3. The number of nitrogens with one attached hydrogen (secondary N) is 2. The van der Waals surface area contributed by atoms with Crippen LogP contribution in [0.15, 0.2) is 32.2 Å². The van der Waals surface area contributed by atoms with Crippen LogP contribution in [-0.4, -0.2) is 9.97 Å². The quantitative estimate of drug-likeness (QED) is 0.611. The third-order valence-electron chi connectivity index (χ3n) is 3.07. The number of alkyl halides is 1. The zero-order valence-corrected chi connectivity index (χ0v) is 13.9. The van der Waals surface area contributed by atoms with Gasteiger partial charge in [-0.05, 0) is 46.5 Å². The van der Waals surface area contributed by atoms with Gasteiger partial charge in [0.05, 0.1) is 15.9 Å². The summed E-state index contributed by atoms with van der Waals surface area (Å²) >= 11 is 9.01. The van der Waals surface area contributed by atoms with Gasteiger partial charge >= 0.3 is 5.69 Å². The Bertz CT molecular complexity index is 802. The highest BCUT2D eigenvalue weighted by atomic mass is 79.9. The van der Waals surface area contributed by atoms with Gasteiger partial charge in [0.15, 0.2) is 0 Å². The lowest BCUT2D eigenvalue weighted by molar-refractivity contribution is 1.16. The van der Waals surface area contributed by atoms with E-state index in [0.717, 1.165) is 21.1 Å². The Hall–Kier alpha value is -0.850. The second-order valence-corrected chi connectivity index (χ2v) is 6.88. The number of aryl methyl sites for hydroxylation is 1. The van der Waals surface area contributed by atoms with Crippen molar-refractivity contribution in [2.45, 2.75) is 11.8 Å².